The topological polar surface area (TPSA) is 64.6 Å². The van der Waals surface area contributed by atoms with Crippen LogP contribution in [0.25, 0.3) is 0 Å². The molecule has 0 aromatic heterocycles. The van der Waals surface area contributed by atoms with Crippen LogP contribution in [0.15, 0.2) is 0 Å². The quantitative estimate of drug-likeness (QED) is 0.558. The first kappa shape index (κ1) is 14.1. The molecule has 0 atom stereocenters. The van der Waals surface area contributed by atoms with Crippen molar-refractivity contribution < 1.29 is 19.1 Å². The fraction of sp³-hybridized carbons (Fsp3) is 0.800. The number of carbonyl (C=O) groups is 2. The Hall–Kier alpha value is -0.940. The fourth-order valence-electron chi connectivity index (χ4n) is 0.818. The standard InChI is InChI=1S/C10H19NO4/c1-3-9(12)7-15-8-10(13)11-5-6-14-4-2/h3-8H2,1-2H3,(H,11,13). The second-order valence-electron chi connectivity index (χ2n) is 2.93. The molecule has 0 aromatic carbocycles. The molecule has 0 bridgehead atoms. The number of rotatable bonds is 9. The highest BCUT2D eigenvalue weighted by Crippen LogP contribution is 1.83. The van der Waals surface area contributed by atoms with Gasteiger partial charge in [0, 0.05) is 19.6 Å². The van der Waals surface area contributed by atoms with Crippen molar-refractivity contribution in [1.29, 1.82) is 0 Å². The lowest BCUT2D eigenvalue weighted by Gasteiger charge is -2.05. The maximum Gasteiger partial charge on any atom is 0.246 e. The van der Waals surface area contributed by atoms with Crippen LogP contribution in [0.2, 0.25) is 0 Å². The molecular formula is C10H19NO4. The first-order valence-corrected chi connectivity index (χ1v) is 5.14. The third-order valence-corrected chi connectivity index (χ3v) is 1.66. The van der Waals surface area contributed by atoms with E-state index in [9.17, 15) is 9.59 Å². The Labute approximate surface area is 90.1 Å². The van der Waals surface area contributed by atoms with E-state index in [4.69, 9.17) is 9.47 Å². The van der Waals surface area contributed by atoms with Crippen molar-refractivity contribution in [3.8, 4) is 0 Å². The maximum atomic E-state index is 11.1. The summed E-state index contributed by atoms with van der Waals surface area (Å²) in [7, 11) is 0. The molecule has 0 unspecified atom stereocenters. The Kier molecular flexibility index (Phi) is 9.01. The first-order chi connectivity index (χ1) is 7.20. The summed E-state index contributed by atoms with van der Waals surface area (Å²) in [6, 6.07) is 0. The van der Waals surface area contributed by atoms with Crippen LogP contribution >= 0.6 is 0 Å². The van der Waals surface area contributed by atoms with Gasteiger partial charge in [-0.25, -0.2) is 0 Å². The molecule has 0 aromatic rings. The molecule has 5 nitrogen and oxygen atoms in total. The van der Waals surface area contributed by atoms with Gasteiger partial charge in [0.05, 0.1) is 6.61 Å². The van der Waals surface area contributed by atoms with E-state index >= 15 is 0 Å². The molecule has 0 aliphatic heterocycles. The number of ether oxygens (including phenoxy) is 2. The highest BCUT2D eigenvalue weighted by molar-refractivity contribution is 5.80. The molecule has 1 N–H and O–H groups in total. The molecule has 0 fully saturated rings. The van der Waals surface area contributed by atoms with Crippen molar-refractivity contribution in [2.75, 3.05) is 33.0 Å². The van der Waals surface area contributed by atoms with Gasteiger partial charge >= 0.3 is 0 Å². The molecule has 15 heavy (non-hydrogen) atoms. The zero-order chi connectivity index (χ0) is 11.5. The smallest absolute Gasteiger partial charge is 0.246 e. The van der Waals surface area contributed by atoms with Gasteiger partial charge in [-0.1, -0.05) is 6.92 Å². The van der Waals surface area contributed by atoms with Crippen LogP contribution in [0, 0.1) is 0 Å². The van der Waals surface area contributed by atoms with Crippen molar-refractivity contribution in [2.24, 2.45) is 0 Å². The van der Waals surface area contributed by atoms with E-state index in [2.05, 4.69) is 5.32 Å². The van der Waals surface area contributed by atoms with Gasteiger partial charge in [-0.05, 0) is 6.92 Å². The molecule has 0 saturated heterocycles. The zero-order valence-corrected chi connectivity index (χ0v) is 9.38. The van der Waals surface area contributed by atoms with E-state index in [1.165, 1.54) is 0 Å². The van der Waals surface area contributed by atoms with E-state index in [-0.39, 0.29) is 24.9 Å². The van der Waals surface area contributed by atoms with Crippen LogP contribution in [0.4, 0.5) is 0 Å². The van der Waals surface area contributed by atoms with E-state index in [0.717, 1.165) is 0 Å². The van der Waals surface area contributed by atoms with Crippen molar-refractivity contribution >= 4 is 11.7 Å². The minimum absolute atomic E-state index is 0.00267. The van der Waals surface area contributed by atoms with Gasteiger partial charge < -0.3 is 14.8 Å². The fourth-order valence-corrected chi connectivity index (χ4v) is 0.818. The van der Waals surface area contributed by atoms with Crippen molar-refractivity contribution in [3.05, 3.63) is 0 Å². The third-order valence-electron chi connectivity index (χ3n) is 1.66. The average molecular weight is 217 g/mol. The molecule has 0 aliphatic carbocycles. The Bertz CT molecular complexity index is 194. The molecular weight excluding hydrogens is 198 g/mol. The summed E-state index contributed by atoms with van der Waals surface area (Å²) in [5.41, 5.74) is 0. The highest BCUT2D eigenvalue weighted by Gasteiger charge is 2.02. The van der Waals surface area contributed by atoms with Crippen LogP contribution in [0.5, 0.6) is 0 Å². The number of hydrogen-bond donors (Lipinski definition) is 1. The summed E-state index contributed by atoms with van der Waals surface area (Å²) in [4.78, 5) is 21.9. The monoisotopic (exact) mass is 217 g/mol. The summed E-state index contributed by atoms with van der Waals surface area (Å²) < 4.78 is 9.94. The van der Waals surface area contributed by atoms with E-state index in [0.29, 0.717) is 26.2 Å². The van der Waals surface area contributed by atoms with Crippen LogP contribution in [0.1, 0.15) is 20.3 Å². The molecule has 0 aliphatic rings. The van der Waals surface area contributed by atoms with Crippen LogP contribution in [0.3, 0.4) is 0 Å². The van der Waals surface area contributed by atoms with Gasteiger partial charge in [0.15, 0.2) is 5.78 Å². The summed E-state index contributed by atoms with van der Waals surface area (Å²) in [6.45, 7) is 5.19. The summed E-state index contributed by atoms with van der Waals surface area (Å²) in [5.74, 6) is -0.226. The summed E-state index contributed by atoms with van der Waals surface area (Å²) >= 11 is 0. The van der Waals surface area contributed by atoms with Crippen molar-refractivity contribution in [1.82, 2.24) is 5.32 Å². The number of amides is 1. The van der Waals surface area contributed by atoms with Crippen LogP contribution < -0.4 is 5.32 Å². The lowest BCUT2D eigenvalue weighted by Crippen LogP contribution is -2.31. The van der Waals surface area contributed by atoms with Crippen LogP contribution in [-0.4, -0.2) is 44.7 Å². The molecule has 0 radical (unpaired) electrons. The Balaban J connectivity index is 3.29. The maximum absolute atomic E-state index is 11.1. The van der Waals surface area contributed by atoms with Gasteiger partial charge in [-0.15, -0.1) is 0 Å². The molecule has 0 rings (SSSR count). The number of hydrogen-bond acceptors (Lipinski definition) is 4. The lowest BCUT2D eigenvalue weighted by molar-refractivity contribution is -0.129. The largest absolute Gasteiger partial charge is 0.380 e. The van der Waals surface area contributed by atoms with Crippen LogP contribution in [-0.2, 0) is 19.1 Å². The SMILES string of the molecule is CCOCCNC(=O)COCC(=O)CC. The first-order valence-electron chi connectivity index (χ1n) is 5.14. The third kappa shape index (κ3) is 9.37. The average Bonchev–Trinajstić information content (AvgIpc) is 2.24. The zero-order valence-electron chi connectivity index (χ0n) is 9.38. The predicted molar refractivity (Wildman–Crippen MR) is 55.6 cm³/mol. The molecule has 5 heteroatoms. The minimum Gasteiger partial charge on any atom is -0.380 e. The summed E-state index contributed by atoms with van der Waals surface area (Å²) in [5, 5.41) is 2.61. The molecule has 0 saturated carbocycles. The second-order valence-corrected chi connectivity index (χ2v) is 2.93. The second kappa shape index (κ2) is 9.61. The summed E-state index contributed by atoms with van der Waals surface area (Å²) in [6.07, 6.45) is 0.436. The number of nitrogens with one attached hydrogen (secondary N) is 1. The van der Waals surface area contributed by atoms with Crippen molar-refractivity contribution in [3.63, 3.8) is 0 Å². The molecule has 88 valence electrons. The Morgan fingerprint density at radius 1 is 1.13 bits per heavy atom. The lowest BCUT2D eigenvalue weighted by atomic mass is 10.3. The molecule has 0 heterocycles. The van der Waals surface area contributed by atoms with E-state index < -0.39 is 0 Å². The van der Waals surface area contributed by atoms with Gasteiger partial charge in [-0.3, -0.25) is 9.59 Å². The number of ketones is 1. The van der Waals surface area contributed by atoms with Gasteiger partial charge in [0.2, 0.25) is 5.91 Å². The number of carbonyl (C=O) groups excluding carboxylic acids is 2. The highest BCUT2D eigenvalue weighted by atomic mass is 16.5. The van der Waals surface area contributed by atoms with E-state index in [1.54, 1.807) is 6.92 Å². The van der Waals surface area contributed by atoms with Gasteiger partial charge in [-0.2, -0.15) is 0 Å². The Morgan fingerprint density at radius 2 is 1.87 bits per heavy atom. The normalized spacial score (nSPS) is 10.0. The molecule has 1 amide bonds. The van der Waals surface area contributed by atoms with Crippen molar-refractivity contribution in [2.45, 2.75) is 20.3 Å². The van der Waals surface area contributed by atoms with Gasteiger partial charge in [0.1, 0.15) is 13.2 Å². The predicted octanol–water partition coefficient (Wildman–Crippen LogP) is 0.135. The number of Topliss-reactive ketones (excluding diaryl/α,β-unsaturated/α-hetero) is 1. The Morgan fingerprint density at radius 3 is 2.47 bits per heavy atom. The molecule has 0 spiro atoms. The van der Waals surface area contributed by atoms with E-state index in [1.807, 2.05) is 6.92 Å². The van der Waals surface area contributed by atoms with Gasteiger partial charge in [0.25, 0.3) is 0 Å². The minimum atomic E-state index is -0.224.